The van der Waals surface area contributed by atoms with Gasteiger partial charge in [0.15, 0.2) is 0 Å². The molecule has 0 aliphatic rings. The van der Waals surface area contributed by atoms with E-state index in [0.29, 0.717) is 12.1 Å². The molecule has 3 rings (SSSR count). The standard InChI is InChI=1S/C22H19FN4O8S2/c1-14(28)24-16-3-8-19(9-4-16)36(32,33)27(22-13-18(26(30)31)7-12-21(22)23)37(34,35)20-10-5-17(6-11-20)25-15(2)29/h3-13H,1-2H3,(H,24,28)(H,25,29). The Morgan fingerprint density at radius 1 is 0.784 bits per heavy atom. The maximum absolute atomic E-state index is 14.9. The molecular formula is C22H19FN4O8S2. The summed E-state index contributed by atoms with van der Waals surface area (Å²) >= 11 is 0. The molecule has 0 spiro atoms. The average molecular weight is 551 g/mol. The van der Waals surface area contributed by atoms with Gasteiger partial charge in [-0.2, -0.15) is 3.71 Å². The van der Waals surface area contributed by atoms with Crippen molar-refractivity contribution in [3.05, 3.63) is 82.7 Å². The van der Waals surface area contributed by atoms with Crippen molar-refractivity contribution in [1.29, 1.82) is 0 Å². The van der Waals surface area contributed by atoms with Crippen molar-refractivity contribution in [2.45, 2.75) is 23.6 Å². The number of nitro groups is 1. The molecule has 12 nitrogen and oxygen atoms in total. The van der Waals surface area contributed by atoms with Gasteiger partial charge in [-0.3, -0.25) is 19.7 Å². The zero-order valence-corrected chi connectivity index (χ0v) is 20.8. The lowest BCUT2D eigenvalue weighted by Gasteiger charge is -2.24. The molecular weight excluding hydrogens is 531 g/mol. The Morgan fingerprint density at radius 3 is 1.54 bits per heavy atom. The second-order valence-corrected chi connectivity index (χ2v) is 11.3. The number of nitrogens with one attached hydrogen (secondary N) is 2. The third-order valence-electron chi connectivity index (χ3n) is 4.72. The van der Waals surface area contributed by atoms with Crippen molar-refractivity contribution in [2.75, 3.05) is 14.3 Å². The molecule has 0 bridgehead atoms. The van der Waals surface area contributed by atoms with E-state index >= 15 is 0 Å². The zero-order valence-electron chi connectivity index (χ0n) is 19.2. The van der Waals surface area contributed by atoms with Crippen LogP contribution in [-0.2, 0) is 29.6 Å². The van der Waals surface area contributed by atoms with E-state index in [1.54, 1.807) is 0 Å². The van der Waals surface area contributed by atoms with Crippen LogP contribution in [0.3, 0.4) is 0 Å². The Kier molecular flexibility index (Phi) is 7.59. The molecule has 0 aliphatic carbocycles. The molecule has 2 N–H and O–H groups in total. The average Bonchev–Trinajstić information content (AvgIpc) is 2.80. The van der Waals surface area contributed by atoms with Crippen LogP contribution in [0.5, 0.6) is 0 Å². The molecule has 0 atom stereocenters. The molecule has 0 fully saturated rings. The summed E-state index contributed by atoms with van der Waals surface area (Å²) in [4.78, 5) is 31.6. The molecule has 37 heavy (non-hydrogen) atoms. The first-order valence-corrected chi connectivity index (χ1v) is 13.1. The van der Waals surface area contributed by atoms with Gasteiger partial charge in [-0.1, -0.05) is 0 Å². The fourth-order valence-electron chi connectivity index (χ4n) is 3.16. The largest absolute Gasteiger partial charge is 0.326 e. The van der Waals surface area contributed by atoms with E-state index in [9.17, 15) is 40.9 Å². The van der Waals surface area contributed by atoms with Crippen molar-refractivity contribution in [1.82, 2.24) is 0 Å². The number of halogens is 1. The smallest absolute Gasteiger partial charge is 0.277 e. The van der Waals surface area contributed by atoms with Crippen LogP contribution in [0.25, 0.3) is 0 Å². The van der Waals surface area contributed by atoms with Gasteiger partial charge in [0.05, 0.1) is 14.7 Å². The van der Waals surface area contributed by atoms with Crippen LogP contribution >= 0.6 is 0 Å². The number of non-ortho nitro benzene ring substituents is 1. The van der Waals surface area contributed by atoms with Crippen molar-refractivity contribution >= 4 is 54.6 Å². The maximum Gasteiger partial charge on any atom is 0.277 e. The van der Waals surface area contributed by atoms with Crippen LogP contribution < -0.4 is 14.3 Å². The summed E-state index contributed by atoms with van der Waals surface area (Å²) in [6.45, 7) is 2.45. The summed E-state index contributed by atoms with van der Waals surface area (Å²) in [5.74, 6) is -2.25. The van der Waals surface area contributed by atoms with Crippen LogP contribution in [0.1, 0.15) is 13.8 Å². The highest BCUT2D eigenvalue weighted by Gasteiger charge is 2.39. The van der Waals surface area contributed by atoms with Gasteiger partial charge in [-0.25, -0.2) is 21.2 Å². The molecule has 0 saturated heterocycles. The van der Waals surface area contributed by atoms with Crippen molar-refractivity contribution in [3.8, 4) is 0 Å². The quantitative estimate of drug-likeness (QED) is 0.318. The van der Waals surface area contributed by atoms with Gasteiger partial charge in [0, 0.05) is 37.4 Å². The normalized spacial score (nSPS) is 11.4. The van der Waals surface area contributed by atoms with Crippen LogP contribution in [0, 0.1) is 15.9 Å². The number of amides is 2. The van der Waals surface area contributed by atoms with Crippen molar-refractivity contribution in [2.24, 2.45) is 0 Å². The molecule has 0 unspecified atom stereocenters. The number of nitrogens with zero attached hydrogens (tertiary/aromatic N) is 2. The van der Waals surface area contributed by atoms with Gasteiger partial charge >= 0.3 is 0 Å². The van der Waals surface area contributed by atoms with Crippen molar-refractivity contribution in [3.63, 3.8) is 0 Å². The highest BCUT2D eigenvalue weighted by Crippen LogP contribution is 2.35. The zero-order chi connectivity index (χ0) is 27.5. The number of rotatable bonds is 8. The summed E-state index contributed by atoms with van der Waals surface area (Å²) in [6.07, 6.45) is 0. The summed E-state index contributed by atoms with van der Waals surface area (Å²) in [5.41, 5.74) is -1.45. The number of carbonyl (C=O) groups excluding carboxylic acids is 2. The topological polar surface area (TPSA) is 173 Å². The van der Waals surface area contributed by atoms with Gasteiger partial charge in [-0.15, -0.1) is 0 Å². The van der Waals surface area contributed by atoms with E-state index in [0.717, 1.165) is 30.3 Å². The first-order chi connectivity index (χ1) is 17.2. The summed E-state index contributed by atoms with van der Waals surface area (Å²) in [7, 11) is -10.2. The molecule has 194 valence electrons. The minimum atomic E-state index is -5.10. The molecule has 15 heteroatoms. The SMILES string of the molecule is CC(=O)Nc1ccc(S(=O)(=O)N(c2cc([N+](=O)[O-])ccc2F)S(=O)(=O)c2ccc(NC(C)=O)cc2)cc1. The van der Waals surface area contributed by atoms with Gasteiger partial charge in [0.1, 0.15) is 11.5 Å². The lowest BCUT2D eigenvalue weighted by Crippen LogP contribution is -2.37. The Labute approximate surface area is 211 Å². The first kappa shape index (κ1) is 27.2. The number of anilines is 3. The highest BCUT2D eigenvalue weighted by atomic mass is 32.3. The van der Waals surface area contributed by atoms with Crippen LogP contribution in [-0.4, -0.2) is 33.6 Å². The van der Waals surface area contributed by atoms with E-state index < -0.39 is 63.8 Å². The molecule has 3 aromatic rings. The Balaban J connectivity index is 2.23. The molecule has 0 aromatic heterocycles. The molecule has 3 aromatic carbocycles. The Morgan fingerprint density at radius 2 is 1.19 bits per heavy atom. The number of hydrogen-bond donors (Lipinski definition) is 2. The third kappa shape index (κ3) is 5.90. The predicted octanol–water partition coefficient (Wildman–Crippen LogP) is 3.23. The summed E-state index contributed by atoms with van der Waals surface area (Å²) in [6, 6.07) is 10.5. The van der Waals surface area contributed by atoms with E-state index in [2.05, 4.69) is 10.6 Å². The predicted molar refractivity (Wildman–Crippen MR) is 131 cm³/mol. The molecule has 0 radical (unpaired) electrons. The van der Waals surface area contributed by atoms with Crippen LogP contribution in [0.4, 0.5) is 27.1 Å². The minimum absolute atomic E-state index is 0.205. The molecule has 0 aliphatic heterocycles. The second-order valence-electron chi connectivity index (χ2n) is 7.51. The Bertz CT molecular complexity index is 1500. The van der Waals surface area contributed by atoms with E-state index in [1.807, 2.05) is 0 Å². The molecule has 0 heterocycles. The maximum atomic E-state index is 14.9. The van der Waals surface area contributed by atoms with E-state index in [4.69, 9.17) is 0 Å². The lowest BCUT2D eigenvalue weighted by molar-refractivity contribution is -0.384. The monoisotopic (exact) mass is 550 g/mol. The second kappa shape index (κ2) is 10.3. The third-order valence-corrected chi connectivity index (χ3v) is 8.90. The van der Waals surface area contributed by atoms with Gasteiger partial charge in [-0.05, 0) is 54.6 Å². The first-order valence-electron chi connectivity index (χ1n) is 10.2. The number of benzene rings is 3. The number of hydrogen-bond acceptors (Lipinski definition) is 8. The van der Waals surface area contributed by atoms with Crippen molar-refractivity contribution < 1.29 is 35.7 Å². The lowest BCUT2D eigenvalue weighted by atomic mass is 10.3. The van der Waals surface area contributed by atoms with Gasteiger partial charge in [0.25, 0.3) is 25.7 Å². The van der Waals surface area contributed by atoms with E-state index in [1.165, 1.54) is 38.1 Å². The summed E-state index contributed by atoms with van der Waals surface area (Å²) in [5, 5.41) is 16.1. The number of nitro benzene ring substituents is 1. The fourth-order valence-corrected chi connectivity index (χ4v) is 6.85. The van der Waals surface area contributed by atoms with Gasteiger partial charge < -0.3 is 10.6 Å². The van der Waals surface area contributed by atoms with E-state index in [-0.39, 0.29) is 15.1 Å². The number of carbonyl (C=O) groups is 2. The Hall–Kier alpha value is -4.37. The van der Waals surface area contributed by atoms with Crippen LogP contribution in [0.15, 0.2) is 76.5 Å². The fraction of sp³-hybridized carbons (Fsp3) is 0.0909. The minimum Gasteiger partial charge on any atom is -0.326 e. The molecule has 2 amide bonds. The summed E-state index contributed by atoms with van der Waals surface area (Å²) < 4.78 is 69.1. The van der Waals surface area contributed by atoms with Crippen LogP contribution in [0.2, 0.25) is 0 Å². The van der Waals surface area contributed by atoms with Gasteiger partial charge in [0.2, 0.25) is 11.8 Å². The highest BCUT2D eigenvalue weighted by molar-refractivity contribution is 8.10. The molecule has 0 saturated carbocycles. The number of sulfonamides is 2.